The van der Waals surface area contributed by atoms with Crippen LogP contribution >= 0.6 is 0 Å². The summed E-state index contributed by atoms with van der Waals surface area (Å²) in [5, 5.41) is 20.4. The third-order valence-electron chi connectivity index (χ3n) is 2.57. The normalized spacial score (nSPS) is 7.48. The van der Waals surface area contributed by atoms with Crippen molar-refractivity contribution in [2.24, 2.45) is 0 Å². The molecule has 4 aromatic rings. The molecule has 171 valence electrons. The number of aromatic amines is 3. The molecule has 0 spiro atoms. The molecular formula is C17H24CoN6O7+2. The Morgan fingerprint density at radius 3 is 1.00 bits per heavy atom. The quantitative estimate of drug-likeness (QED) is 0.248. The molecule has 0 bridgehead atoms. The van der Waals surface area contributed by atoms with Crippen molar-refractivity contribution in [3.63, 3.8) is 0 Å². The van der Waals surface area contributed by atoms with Crippen LogP contribution in [0.5, 0.6) is 0 Å². The van der Waals surface area contributed by atoms with E-state index in [2.05, 4.69) is 29.9 Å². The van der Waals surface area contributed by atoms with Gasteiger partial charge in [0.2, 0.25) is 0 Å². The number of rotatable bonds is 2. The van der Waals surface area contributed by atoms with E-state index in [0.717, 1.165) is 24.3 Å². The van der Waals surface area contributed by atoms with Crippen molar-refractivity contribution >= 4 is 11.9 Å². The molecule has 0 amide bonds. The van der Waals surface area contributed by atoms with E-state index in [1.165, 1.54) is 0 Å². The van der Waals surface area contributed by atoms with Crippen LogP contribution in [0.15, 0.2) is 80.4 Å². The molecule has 0 aliphatic heterocycles. The Bertz CT molecular complexity index is 695. The zero-order valence-corrected chi connectivity index (χ0v) is 17.0. The van der Waals surface area contributed by atoms with E-state index in [4.69, 9.17) is 0 Å². The molecule has 1 aromatic carbocycles. The summed E-state index contributed by atoms with van der Waals surface area (Å²) in [5.74, 6) is -2.67. The maximum atomic E-state index is 10.2. The Kier molecular flexibility index (Phi) is 25.1. The average molecular weight is 483 g/mol. The van der Waals surface area contributed by atoms with Crippen LogP contribution in [0.4, 0.5) is 0 Å². The molecule has 11 N–H and O–H groups in total. The molecular weight excluding hydrogens is 459 g/mol. The van der Waals surface area contributed by atoms with Crippen LogP contribution in [0, 0.1) is 0 Å². The van der Waals surface area contributed by atoms with Gasteiger partial charge in [-0.3, -0.25) is 0 Å². The van der Waals surface area contributed by atoms with Crippen molar-refractivity contribution in [2.45, 2.75) is 0 Å². The van der Waals surface area contributed by atoms with Crippen LogP contribution in [-0.4, -0.2) is 47.3 Å². The summed E-state index contributed by atoms with van der Waals surface area (Å²) in [4.78, 5) is 39.7. The van der Waals surface area contributed by atoms with E-state index in [1.54, 1.807) is 56.2 Å². The number of carboxylic acids is 2. The van der Waals surface area contributed by atoms with E-state index in [-0.39, 0.29) is 44.3 Å². The monoisotopic (exact) mass is 483 g/mol. The smallest absolute Gasteiger partial charge is 0.545 e. The number of H-pyrrole nitrogens is 3. The molecule has 3 aromatic heterocycles. The second-order valence-corrected chi connectivity index (χ2v) is 4.43. The largest absolute Gasteiger partial charge is 2.00 e. The van der Waals surface area contributed by atoms with Crippen LogP contribution in [0.3, 0.4) is 0 Å². The zero-order valence-electron chi connectivity index (χ0n) is 16.0. The van der Waals surface area contributed by atoms with Gasteiger partial charge in [-0.1, -0.05) is 24.3 Å². The molecule has 4 rings (SSSR count). The van der Waals surface area contributed by atoms with E-state index < -0.39 is 11.9 Å². The van der Waals surface area contributed by atoms with Gasteiger partial charge in [-0.25, -0.2) is 15.0 Å². The van der Waals surface area contributed by atoms with Crippen LogP contribution in [0.2, 0.25) is 0 Å². The van der Waals surface area contributed by atoms with Crippen molar-refractivity contribution in [3.8, 4) is 0 Å². The number of aromatic nitrogens is 6. The predicted molar refractivity (Wildman–Crippen MR) is 104 cm³/mol. The molecule has 0 aliphatic carbocycles. The Morgan fingerprint density at radius 1 is 0.645 bits per heavy atom. The summed E-state index contributed by atoms with van der Waals surface area (Å²) < 4.78 is 0. The van der Waals surface area contributed by atoms with Gasteiger partial charge in [-0.05, 0) is 11.1 Å². The molecule has 0 aliphatic rings. The fourth-order valence-corrected chi connectivity index (χ4v) is 1.39. The predicted octanol–water partition coefficient (Wildman–Crippen LogP) is -3.03. The molecule has 0 saturated carbocycles. The first-order valence-corrected chi connectivity index (χ1v) is 7.42. The standard InChI is InChI=1S/C8H6O4.3C3H4N2.Co.3H2O/c9-7(10)5-1-2-6(4-3-5)8(11)12;3*1-2-5-3-4-1;;;;/h1-4H,(H,9,10)(H,11,12);3*1-3H,(H,4,5);;3*1H2/q;;;;+2;;;. The van der Waals surface area contributed by atoms with Gasteiger partial charge in [0.05, 0.1) is 30.9 Å². The van der Waals surface area contributed by atoms with Gasteiger partial charge in [0.1, 0.15) is 0 Å². The summed E-state index contributed by atoms with van der Waals surface area (Å²) in [6.07, 6.45) is 15.2. The van der Waals surface area contributed by atoms with Gasteiger partial charge in [-0.2, -0.15) is 0 Å². The number of carbonyl (C=O) groups is 2. The van der Waals surface area contributed by atoms with Crippen molar-refractivity contribution in [1.82, 2.24) is 29.9 Å². The number of hydrogen-bond donors (Lipinski definition) is 3. The second kappa shape index (κ2) is 22.5. The third-order valence-corrected chi connectivity index (χ3v) is 2.57. The van der Waals surface area contributed by atoms with Crippen LogP contribution in [-0.2, 0) is 27.7 Å². The number of benzene rings is 1. The number of carboxylic acid groups (broad SMARTS) is 2. The van der Waals surface area contributed by atoms with Crippen molar-refractivity contribution in [1.29, 1.82) is 0 Å². The molecule has 0 atom stereocenters. The van der Waals surface area contributed by atoms with Gasteiger partial charge in [0.15, 0.2) is 0 Å². The number of aromatic carboxylic acids is 2. The van der Waals surface area contributed by atoms with Gasteiger partial charge in [0, 0.05) is 37.2 Å². The summed E-state index contributed by atoms with van der Waals surface area (Å²) in [6, 6.07) is 4.61. The Hall–Kier alpha value is -3.82. The van der Waals surface area contributed by atoms with Gasteiger partial charge in [-0.15, -0.1) is 0 Å². The first-order chi connectivity index (χ1) is 13.1. The van der Waals surface area contributed by atoms with E-state index in [1.807, 2.05) is 0 Å². The second-order valence-electron chi connectivity index (χ2n) is 4.43. The minimum Gasteiger partial charge on any atom is -0.545 e. The fourth-order valence-electron chi connectivity index (χ4n) is 1.39. The molecule has 31 heavy (non-hydrogen) atoms. The summed E-state index contributed by atoms with van der Waals surface area (Å²) in [6.45, 7) is 0. The molecule has 0 unspecified atom stereocenters. The van der Waals surface area contributed by atoms with Crippen molar-refractivity contribution in [3.05, 3.63) is 91.6 Å². The van der Waals surface area contributed by atoms with E-state index in [9.17, 15) is 19.8 Å². The fraction of sp³-hybridized carbons (Fsp3) is 0. The van der Waals surface area contributed by atoms with E-state index >= 15 is 0 Å². The van der Waals surface area contributed by atoms with E-state index in [0.29, 0.717) is 0 Å². The van der Waals surface area contributed by atoms with Gasteiger partial charge >= 0.3 is 16.8 Å². The van der Waals surface area contributed by atoms with Gasteiger partial charge < -0.3 is 51.2 Å². The minimum absolute atomic E-state index is 0. The number of carbonyl (C=O) groups excluding carboxylic acids is 2. The molecule has 0 fully saturated rings. The third kappa shape index (κ3) is 18.0. The van der Waals surface area contributed by atoms with Crippen LogP contribution < -0.4 is 10.2 Å². The SMILES string of the molecule is O.O=C([O-])c1ccc(C(=O)[O-])cc1.[Co+2].[OH3+].[OH3+].c1c[nH]cn1.c1c[nH]cn1.c1c[nH]cn1. The average Bonchev–Trinajstić information content (AvgIpc) is 3.49. The maximum absolute atomic E-state index is 10.2. The molecule has 13 nitrogen and oxygen atoms in total. The van der Waals surface area contributed by atoms with Crippen LogP contribution in [0.1, 0.15) is 20.7 Å². The Morgan fingerprint density at radius 2 is 0.903 bits per heavy atom. The Balaban J connectivity index is -0.000000163. The summed E-state index contributed by atoms with van der Waals surface area (Å²) in [5.41, 5.74) is -0.111. The number of nitrogens with zero attached hydrogens (tertiary/aromatic N) is 3. The molecule has 3 heterocycles. The number of imidazole rings is 3. The zero-order chi connectivity index (χ0) is 19.7. The first kappa shape index (κ1) is 34.7. The number of hydrogen-bond acceptors (Lipinski definition) is 7. The topological polar surface area (TPSA) is 264 Å². The summed E-state index contributed by atoms with van der Waals surface area (Å²) >= 11 is 0. The van der Waals surface area contributed by atoms with Gasteiger partial charge in [0.25, 0.3) is 0 Å². The van der Waals surface area contributed by atoms with Crippen LogP contribution in [0.25, 0.3) is 0 Å². The molecule has 0 saturated heterocycles. The maximum Gasteiger partial charge on any atom is 2.00 e. The van der Waals surface area contributed by atoms with Crippen molar-refractivity contribution < 1.29 is 53.0 Å². The summed E-state index contributed by atoms with van der Waals surface area (Å²) in [7, 11) is 0. The first-order valence-electron chi connectivity index (χ1n) is 7.42. The minimum atomic E-state index is -1.33. The van der Waals surface area contributed by atoms with Crippen molar-refractivity contribution in [2.75, 3.05) is 0 Å². The molecule has 14 heteroatoms. The number of nitrogens with one attached hydrogen (secondary N) is 3. The Labute approximate surface area is 186 Å². The molecule has 1 radical (unpaired) electrons.